The van der Waals surface area contributed by atoms with E-state index >= 15 is 0 Å². The topological polar surface area (TPSA) is 3.24 Å². The van der Waals surface area contributed by atoms with Gasteiger partial charge in [-0.1, -0.05) is 32.0 Å². The van der Waals surface area contributed by atoms with Gasteiger partial charge in [0.25, 0.3) is 0 Å². The highest BCUT2D eigenvalue weighted by molar-refractivity contribution is 5.46. The lowest BCUT2D eigenvalue weighted by Crippen LogP contribution is -2.19. The van der Waals surface area contributed by atoms with Crippen molar-refractivity contribution in [1.29, 1.82) is 0 Å². The third-order valence-corrected chi connectivity index (χ3v) is 3.21. The van der Waals surface area contributed by atoms with Crippen LogP contribution in [0.25, 0.3) is 0 Å². The van der Waals surface area contributed by atoms with Crippen LogP contribution in [0.1, 0.15) is 26.7 Å². The molecule has 0 bridgehead atoms. The van der Waals surface area contributed by atoms with Gasteiger partial charge in [-0.15, -0.1) is 0 Å². The molecule has 1 nitrogen and oxygen atoms in total. The SMILES string of the molecule is CC(C)CC1CCN(c2ccccc2)C1. The zero-order valence-electron chi connectivity index (χ0n) is 9.82. The van der Waals surface area contributed by atoms with E-state index in [-0.39, 0.29) is 0 Å². The zero-order valence-corrected chi connectivity index (χ0v) is 9.82. The minimum Gasteiger partial charge on any atom is -0.371 e. The van der Waals surface area contributed by atoms with Crippen molar-refractivity contribution in [3.8, 4) is 0 Å². The molecule has 82 valence electrons. The predicted octanol–water partition coefficient (Wildman–Crippen LogP) is 3.56. The first kappa shape index (κ1) is 10.5. The molecule has 0 radical (unpaired) electrons. The van der Waals surface area contributed by atoms with E-state index in [4.69, 9.17) is 0 Å². The Bertz CT molecular complexity index is 291. The summed E-state index contributed by atoms with van der Waals surface area (Å²) in [7, 11) is 0. The van der Waals surface area contributed by atoms with Crippen molar-refractivity contribution in [2.24, 2.45) is 11.8 Å². The van der Waals surface area contributed by atoms with Crippen molar-refractivity contribution in [3.05, 3.63) is 30.3 Å². The third-order valence-electron chi connectivity index (χ3n) is 3.21. The fraction of sp³-hybridized carbons (Fsp3) is 0.571. The van der Waals surface area contributed by atoms with Crippen molar-refractivity contribution in [3.63, 3.8) is 0 Å². The summed E-state index contributed by atoms with van der Waals surface area (Å²) in [5.74, 6) is 1.75. The Balaban J connectivity index is 1.93. The smallest absolute Gasteiger partial charge is 0.0366 e. The maximum absolute atomic E-state index is 2.52. The Morgan fingerprint density at radius 2 is 2.00 bits per heavy atom. The highest BCUT2D eigenvalue weighted by Gasteiger charge is 2.22. The van der Waals surface area contributed by atoms with Crippen LogP contribution in [0.2, 0.25) is 0 Å². The van der Waals surface area contributed by atoms with Gasteiger partial charge in [0.1, 0.15) is 0 Å². The van der Waals surface area contributed by atoms with Crippen molar-refractivity contribution in [1.82, 2.24) is 0 Å². The molecule has 15 heavy (non-hydrogen) atoms. The van der Waals surface area contributed by atoms with Crippen molar-refractivity contribution in [2.45, 2.75) is 26.7 Å². The summed E-state index contributed by atoms with van der Waals surface area (Å²) in [5, 5.41) is 0. The molecular formula is C14H21N. The van der Waals surface area contributed by atoms with E-state index in [0.29, 0.717) is 0 Å². The first-order chi connectivity index (χ1) is 7.25. The van der Waals surface area contributed by atoms with Crippen molar-refractivity contribution < 1.29 is 0 Å². The van der Waals surface area contributed by atoms with E-state index in [1.54, 1.807) is 0 Å². The largest absolute Gasteiger partial charge is 0.371 e. The molecule has 1 fully saturated rings. The van der Waals surface area contributed by atoms with Gasteiger partial charge in [0.2, 0.25) is 0 Å². The summed E-state index contributed by atoms with van der Waals surface area (Å²) in [6.07, 6.45) is 2.75. The molecule has 0 spiro atoms. The molecule has 1 heterocycles. The normalized spacial score (nSPS) is 21.3. The molecule has 1 aromatic carbocycles. The lowest BCUT2D eigenvalue weighted by atomic mass is 9.97. The number of rotatable bonds is 3. The maximum Gasteiger partial charge on any atom is 0.0366 e. The fourth-order valence-electron chi connectivity index (χ4n) is 2.57. The second kappa shape index (κ2) is 4.69. The fourth-order valence-corrected chi connectivity index (χ4v) is 2.57. The first-order valence-corrected chi connectivity index (χ1v) is 6.05. The molecule has 0 N–H and O–H groups in total. The van der Waals surface area contributed by atoms with Gasteiger partial charge in [-0.05, 0) is 36.8 Å². The molecule has 1 heteroatoms. The number of nitrogens with zero attached hydrogens (tertiary/aromatic N) is 1. The minimum absolute atomic E-state index is 0.839. The summed E-state index contributed by atoms with van der Waals surface area (Å²) in [4.78, 5) is 2.52. The minimum atomic E-state index is 0.839. The molecule has 1 saturated heterocycles. The standard InChI is InChI=1S/C14H21N/c1-12(2)10-13-8-9-15(11-13)14-6-4-3-5-7-14/h3-7,12-13H,8-11H2,1-2H3. The second-order valence-corrected chi connectivity index (χ2v) is 5.07. The molecule has 1 aliphatic heterocycles. The van der Waals surface area contributed by atoms with E-state index in [9.17, 15) is 0 Å². The molecule has 2 rings (SSSR count). The van der Waals surface area contributed by atoms with Crippen LogP contribution < -0.4 is 4.90 Å². The van der Waals surface area contributed by atoms with Gasteiger partial charge in [-0.25, -0.2) is 0 Å². The molecular weight excluding hydrogens is 182 g/mol. The van der Waals surface area contributed by atoms with Crippen LogP contribution in [0.3, 0.4) is 0 Å². The van der Waals surface area contributed by atoms with Crippen LogP contribution in [0, 0.1) is 11.8 Å². The van der Waals surface area contributed by atoms with Gasteiger partial charge in [0, 0.05) is 18.8 Å². The Morgan fingerprint density at radius 1 is 1.27 bits per heavy atom. The lowest BCUT2D eigenvalue weighted by molar-refractivity contribution is 0.441. The Labute approximate surface area is 93.1 Å². The number of benzene rings is 1. The predicted molar refractivity (Wildman–Crippen MR) is 66.2 cm³/mol. The summed E-state index contributed by atoms with van der Waals surface area (Å²) in [6.45, 7) is 7.14. The molecule has 1 unspecified atom stereocenters. The molecule has 1 aromatic rings. The van der Waals surface area contributed by atoms with Gasteiger partial charge in [0.05, 0.1) is 0 Å². The van der Waals surface area contributed by atoms with Crippen LogP contribution in [-0.4, -0.2) is 13.1 Å². The molecule has 0 amide bonds. The molecule has 0 saturated carbocycles. The molecule has 1 aliphatic rings. The van der Waals surface area contributed by atoms with Gasteiger partial charge in [-0.2, -0.15) is 0 Å². The zero-order chi connectivity index (χ0) is 10.7. The van der Waals surface area contributed by atoms with Crippen LogP contribution in [0.5, 0.6) is 0 Å². The third kappa shape index (κ3) is 2.74. The molecule has 1 atom stereocenters. The quantitative estimate of drug-likeness (QED) is 0.726. The number of para-hydroxylation sites is 1. The van der Waals surface area contributed by atoms with E-state index in [1.807, 2.05) is 0 Å². The average molecular weight is 203 g/mol. The molecule has 0 aromatic heterocycles. The van der Waals surface area contributed by atoms with E-state index in [0.717, 1.165) is 11.8 Å². The van der Waals surface area contributed by atoms with Gasteiger partial charge in [-0.3, -0.25) is 0 Å². The van der Waals surface area contributed by atoms with Gasteiger partial charge < -0.3 is 4.90 Å². The summed E-state index contributed by atoms with van der Waals surface area (Å²) in [6, 6.07) is 10.8. The average Bonchev–Trinajstić information content (AvgIpc) is 2.67. The van der Waals surface area contributed by atoms with Crippen molar-refractivity contribution in [2.75, 3.05) is 18.0 Å². The number of anilines is 1. The van der Waals surface area contributed by atoms with Crippen LogP contribution >= 0.6 is 0 Å². The lowest BCUT2D eigenvalue weighted by Gasteiger charge is -2.19. The Kier molecular flexibility index (Phi) is 3.30. The first-order valence-electron chi connectivity index (χ1n) is 6.05. The van der Waals surface area contributed by atoms with E-state index < -0.39 is 0 Å². The van der Waals surface area contributed by atoms with E-state index in [1.165, 1.54) is 31.6 Å². The number of hydrogen-bond acceptors (Lipinski definition) is 1. The summed E-state index contributed by atoms with van der Waals surface area (Å²) in [5.41, 5.74) is 1.39. The Hall–Kier alpha value is -0.980. The van der Waals surface area contributed by atoms with Crippen LogP contribution in [-0.2, 0) is 0 Å². The monoisotopic (exact) mass is 203 g/mol. The van der Waals surface area contributed by atoms with Gasteiger partial charge in [0.15, 0.2) is 0 Å². The Morgan fingerprint density at radius 3 is 2.67 bits per heavy atom. The van der Waals surface area contributed by atoms with Crippen LogP contribution in [0.15, 0.2) is 30.3 Å². The highest BCUT2D eigenvalue weighted by Crippen LogP contribution is 2.27. The number of hydrogen-bond donors (Lipinski definition) is 0. The summed E-state index contributed by atoms with van der Waals surface area (Å²) < 4.78 is 0. The van der Waals surface area contributed by atoms with E-state index in [2.05, 4.69) is 49.1 Å². The summed E-state index contributed by atoms with van der Waals surface area (Å²) >= 11 is 0. The van der Waals surface area contributed by atoms with Crippen molar-refractivity contribution >= 4 is 5.69 Å². The van der Waals surface area contributed by atoms with Gasteiger partial charge >= 0.3 is 0 Å². The maximum atomic E-state index is 2.52. The molecule has 0 aliphatic carbocycles. The second-order valence-electron chi connectivity index (χ2n) is 5.07. The van der Waals surface area contributed by atoms with Crippen LogP contribution in [0.4, 0.5) is 5.69 Å². The highest BCUT2D eigenvalue weighted by atomic mass is 15.1.